The molecule has 1 atom stereocenters. The highest BCUT2D eigenvalue weighted by Crippen LogP contribution is 2.34. The number of amides is 1. The summed E-state index contributed by atoms with van der Waals surface area (Å²) in [7, 11) is 0. The van der Waals surface area contributed by atoms with Gasteiger partial charge in [0.1, 0.15) is 0 Å². The van der Waals surface area contributed by atoms with Gasteiger partial charge in [0, 0.05) is 18.3 Å². The lowest BCUT2D eigenvalue weighted by atomic mass is 10.2. The molecule has 0 bridgehead atoms. The van der Waals surface area contributed by atoms with Crippen molar-refractivity contribution in [3.05, 3.63) is 36.6 Å². The highest BCUT2D eigenvalue weighted by Gasteiger charge is 2.22. The van der Waals surface area contributed by atoms with Crippen molar-refractivity contribution >= 4 is 23.4 Å². The molecule has 0 aliphatic carbocycles. The number of rotatable bonds is 6. The Morgan fingerprint density at radius 2 is 2.15 bits per heavy atom. The molecule has 1 aromatic carbocycles. The van der Waals surface area contributed by atoms with Crippen molar-refractivity contribution < 1.29 is 18.7 Å². The molecular formula is C18H18N4O4S. The molecule has 4 rings (SSSR count). The van der Waals surface area contributed by atoms with E-state index in [0.717, 1.165) is 0 Å². The monoisotopic (exact) mass is 386 g/mol. The topological polar surface area (TPSA) is 91.4 Å². The van der Waals surface area contributed by atoms with Crippen molar-refractivity contribution in [2.45, 2.75) is 30.8 Å². The summed E-state index contributed by atoms with van der Waals surface area (Å²) in [6, 6.07) is 8.95. The third kappa shape index (κ3) is 3.50. The molecule has 0 unspecified atom stereocenters. The Morgan fingerprint density at radius 1 is 1.30 bits per heavy atom. The molecule has 1 amide bonds. The first-order valence-corrected chi connectivity index (χ1v) is 9.38. The maximum Gasteiger partial charge on any atom is 0.237 e. The van der Waals surface area contributed by atoms with E-state index in [1.165, 1.54) is 11.8 Å². The highest BCUT2D eigenvalue weighted by molar-refractivity contribution is 8.00. The van der Waals surface area contributed by atoms with Crippen LogP contribution in [0.25, 0.3) is 11.6 Å². The van der Waals surface area contributed by atoms with Crippen LogP contribution in [0, 0.1) is 0 Å². The van der Waals surface area contributed by atoms with Gasteiger partial charge in [-0.25, -0.2) is 0 Å². The fourth-order valence-electron chi connectivity index (χ4n) is 2.68. The Hall–Kier alpha value is -2.94. The van der Waals surface area contributed by atoms with Crippen molar-refractivity contribution in [3.8, 4) is 23.1 Å². The van der Waals surface area contributed by atoms with Crippen molar-refractivity contribution in [2.75, 3.05) is 12.1 Å². The molecule has 0 spiro atoms. The molecule has 0 saturated heterocycles. The normalized spacial score (nSPS) is 13.6. The molecule has 27 heavy (non-hydrogen) atoms. The van der Waals surface area contributed by atoms with Crippen LogP contribution in [-0.4, -0.2) is 32.7 Å². The number of nitrogens with zero attached hydrogens (tertiary/aromatic N) is 3. The minimum atomic E-state index is -0.366. The Kier molecular flexibility index (Phi) is 4.76. The molecule has 2 aromatic heterocycles. The van der Waals surface area contributed by atoms with Crippen molar-refractivity contribution in [3.63, 3.8) is 0 Å². The van der Waals surface area contributed by atoms with E-state index in [1.54, 1.807) is 30.5 Å². The SMILES string of the molecule is CCn1c(S[C@H](C)C(=O)Nc2ccc3c(c2)OCO3)nnc1-c1ccco1. The smallest absolute Gasteiger partial charge is 0.237 e. The molecule has 0 radical (unpaired) electrons. The summed E-state index contributed by atoms with van der Waals surface area (Å²) >= 11 is 1.35. The molecule has 8 nitrogen and oxygen atoms in total. The van der Waals surface area contributed by atoms with Crippen LogP contribution in [0.15, 0.2) is 46.2 Å². The van der Waals surface area contributed by atoms with E-state index >= 15 is 0 Å². The number of furan rings is 1. The van der Waals surface area contributed by atoms with Gasteiger partial charge in [-0.05, 0) is 38.1 Å². The summed E-state index contributed by atoms with van der Waals surface area (Å²) < 4.78 is 17.9. The number of carbonyl (C=O) groups excluding carboxylic acids is 1. The van der Waals surface area contributed by atoms with E-state index in [4.69, 9.17) is 13.9 Å². The number of thioether (sulfide) groups is 1. The zero-order chi connectivity index (χ0) is 18.8. The molecule has 140 valence electrons. The van der Waals surface area contributed by atoms with Crippen LogP contribution in [0.4, 0.5) is 5.69 Å². The largest absolute Gasteiger partial charge is 0.461 e. The Bertz CT molecular complexity index is 954. The molecule has 9 heteroatoms. The Labute approximate surface area is 159 Å². The number of benzene rings is 1. The number of anilines is 1. The fraction of sp³-hybridized carbons (Fsp3) is 0.278. The summed E-state index contributed by atoms with van der Waals surface area (Å²) in [5, 5.41) is 11.6. The molecule has 3 aromatic rings. The molecule has 1 aliphatic rings. The van der Waals surface area contributed by atoms with Gasteiger partial charge in [-0.15, -0.1) is 10.2 Å². The zero-order valence-corrected chi connectivity index (χ0v) is 15.7. The molecule has 0 saturated carbocycles. The number of hydrogen-bond acceptors (Lipinski definition) is 7. The summed E-state index contributed by atoms with van der Waals surface area (Å²) in [6.45, 7) is 4.69. The Balaban J connectivity index is 1.46. The van der Waals surface area contributed by atoms with Crippen LogP contribution < -0.4 is 14.8 Å². The second-order valence-electron chi connectivity index (χ2n) is 5.85. The average molecular weight is 386 g/mol. The van der Waals surface area contributed by atoms with Crippen LogP contribution in [0.5, 0.6) is 11.5 Å². The van der Waals surface area contributed by atoms with E-state index in [2.05, 4.69) is 15.5 Å². The number of hydrogen-bond donors (Lipinski definition) is 1. The number of aromatic nitrogens is 3. The first kappa shape index (κ1) is 17.5. The van der Waals surface area contributed by atoms with Gasteiger partial charge in [0.25, 0.3) is 0 Å². The van der Waals surface area contributed by atoms with Gasteiger partial charge in [-0.2, -0.15) is 0 Å². The van der Waals surface area contributed by atoms with Crippen molar-refractivity contribution in [2.24, 2.45) is 0 Å². The molecule has 3 heterocycles. The Morgan fingerprint density at radius 3 is 2.93 bits per heavy atom. The second kappa shape index (κ2) is 7.36. The average Bonchev–Trinajstić information content (AvgIpc) is 3.41. The number of fused-ring (bicyclic) bond motifs is 1. The second-order valence-corrected chi connectivity index (χ2v) is 7.15. The first-order chi connectivity index (χ1) is 13.2. The zero-order valence-electron chi connectivity index (χ0n) is 14.8. The van der Waals surface area contributed by atoms with Crippen molar-refractivity contribution in [1.82, 2.24) is 14.8 Å². The molecule has 1 aliphatic heterocycles. The van der Waals surface area contributed by atoms with Gasteiger partial charge in [0.05, 0.1) is 11.5 Å². The minimum absolute atomic E-state index is 0.135. The van der Waals surface area contributed by atoms with Gasteiger partial charge in [-0.3, -0.25) is 9.36 Å². The van der Waals surface area contributed by atoms with Gasteiger partial charge >= 0.3 is 0 Å². The predicted molar refractivity (Wildman–Crippen MR) is 99.9 cm³/mol. The van der Waals surface area contributed by atoms with E-state index in [0.29, 0.717) is 40.5 Å². The van der Waals surface area contributed by atoms with E-state index in [1.807, 2.05) is 24.5 Å². The highest BCUT2D eigenvalue weighted by atomic mass is 32.2. The van der Waals surface area contributed by atoms with Crippen LogP contribution in [0.2, 0.25) is 0 Å². The van der Waals surface area contributed by atoms with Crippen LogP contribution in [0.3, 0.4) is 0 Å². The number of carbonyl (C=O) groups is 1. The lowest BCUT2D eigenvalue weighted by Crippen LogP contribution is -2.22. The fourth-order valence-corrected chi connectivity index (χ4v) is 3.59. The standard InChI is InChI=1S/C18H18N4O4S/c1-3-22-16(14-5-4-8-24-14)20-21-18(22)27-11(2)17(23)19-12-6-7-13-15(9-12)26-10-25-13/h4-9,11H,3,10H2,1-2H3,(H,19,23)/t11-/m1/s1. The third-order valence-corrected chi connectivity index (χ3v) is 5.15. The van der Waals surface area contributed by atoms with Gasteiger partial charge < -0.3 is 19.2 Å². The lowest BCUT2D eigenvalue weighted by Gasteiger charge is -2.12. The molecular weight excluding hydrogens is 368 g/mol. The maximum atomic E-state index is 12.6. The number of ether oxygens (including phenoxy) is 2. The lowest BCUT2D eigenvalue weighted by molar-refractivity contribution is -0.115. The summed E-state index contributed by atoms with van der Waals surface area (Å²) in [4.78, 5) is 12.6. The first-order valence-electron chi connectivity index (χ1n) is 8.50. The van der Waals surface area contributed by atoms with Crippen LogP contribution in [0.1, 0.15) is 13.8 Å². The van der Waals surface area contributed by atoms with Crippen LogP contribution in [-0.2, 0) is 11.3 Å². The number of nitrogens with one attached hydrogen (secondary N) is 1. The van der Waals surface area contributed by atoms with Gasteiger partial charge in [0.15, 0.2) is 28.2 Å². The van der Waals surface area contributed by atoms with Gasteiger partial charge in [-0.1, -0.05) is 11.8 Å². The van der Waals surface area contributed by atoms with E-state index < -0.39 is 0 Å². The molecule has 1 N–H and O–H groups in total. The van der Waals surface area contributed by atoms with E-state index in [9.17, 15) is 4.79 Å². The van der Waals surface area contributed by atoms with E-state index in [-0.39, 0.29) is 18.0 Å². The summed E-state index contributed by atoms with van der Waals surface area (Å²) in [5.41, 5.74) is 0.657. The van der Waals surface area contributed by atoms with Gasteiger partial charge in [0.2, 0.25) is 12.7 Å². The molecule has 0 fully saturated rings. The summed E-state index contributed by atoms with van der Waals surface area (Å²) in [6.07, 6.45) is 1.60. The maximum absolute atomic E-state index is 12.6. The van der Waals surface area contributed by atoms with Crippen molar-refractivity contribution in [1.29, 1.82) is 0 Å². The quantitative estimate of drug-likeness (QED) is 0.649. The predicted octanol–water partition coefficient (Wildman–Crippen LogP) is 3.41. The minimum Gasteiger partial charge on any atom is -0.461 e. The van der Waals surface area contributed by atoms with Crippen LogP contribution >= 0.6 is 11.8 Å². The summed E-state index contributed by atoms with van der Waals surface area (Å²) in [5.74, 6) is 2.46. The third-order valence-electron chi connectivity index (χ3n) is 4.07.